The summed E-state index contributed by atoms with van der Waals surface area (Å²) in [6, 6.07) is 24.7. The maximum atomic E-state index is 4.65. The maximum absolute atomic E-state index is 4.65. The van der Waals surface area contributed by atoms with E-state index < -0.39 is 0 Å². The van der Waals surface area contributed by atoms with Gasteiger partial charge in [-0.2, -0.15) is 0 Å². The molecule has 2 aromatic carbocycles. The molecule has 0 saturated carbocycles. The van der Waals surface area contributed by atoms with Crippen molar-refractivity contribution in [2.45, 2.75) is 19.0 Å². The molecule has 1 aliphatic heterocycles. The summed E-state index contributed by atoms with van der Waals surface area (Å²) in [5, 5.41) is 12.7. The van der Waals surface area contributed by atoms with E-state index in [0.29, 0.717) is 6.54 Å². The molecule has 2 aromatic heterocycles. The third kappa shape index (κ3) is 3.03. The van der Waals surface area contributed by atoms with E-state index in [1.54, 1.807) is 0 Å². The van der Waals surface area contributed by atoms with Crippen LogP contribution < -0.4 is 4.90 Å². The normalized spacial score (nSPS) is 14.1. The van der Waals surface area contributed by atoms with Crippen LogP contribution in [0, 0.1) is 0 Å². The predicted octanol–water partition coefficient (Wildman–Crippen LogP) is 3.27. The third-order valence-electron chi connectivity index (χ3n) is 5.18. The molecule has 28 heavy (non-hydrogen) atoms. The molecular weight excluding hydrogens is 348 g/mol. The Morgan fingerprint density at radius 1 is 0.893 bits per heavy atom. The lowest BCUT2D eigenvalue weighted by molar-refractivity contribution is 0.573. The summed E-state index contributed by atoms with van der Waals surface area (Å²) in [5.41, 5.74) is 4.69. The first-order valence-corrected chi connectivity index (χ1v) is 9.45. The second kappa shape index (κ2) is 7.23. The molecule has 6 heteroatoms. The summed E-state index contributed by atoms with van der Waals surface area (Å²) in [5.74, 6) is 0.805. The van der Waals surface area contributed by atoms with Gasteiger partial charge in [-0.15, -0.1) is 5.10 Å². The summed E-state index contributed by atoms with van der Waals surface area (Å²) in [6.07, 6.45) is 2.84. The van der Waals surface area contributed by atoms with Gasteiger partial charge in [0, 0.05) is 18.4 Å². The number of nitrogens with zero attached hydrogens (tertiary/aromatic N) is 6. The van der Waals surface area contributed by atoms with E-state index in [-0.39, 0.29) is 6.04 Å². The fourth-order valence-corrected chi connectivity index (χ4v) is 3.88. The minimum absolute atomic E-state index is 0.136. The number of tetrazole rings is 1. The number of anilines is 1. The van der Waals surface area contributed by atoms with Gasteiger partial charge in [-0.1, -0.05) is 54.6 Å². The van der Waals surface area contributed by atoms with E-state index in [1.165, 1.54) is 11.3 Å². The Balaban J connectivity index is 1.59. The molecule has 0 amide bonds. The molecule has 5 rings (SSSR count). The fraction of sp³-hybridized carbons (Fsp3) is 0.182. The van der Waals surface area contributed by atoms with Crippen molar-refractivity contribution in [1.82, 2.24) is 25.2 Å². The van der Waals surface area contributed by atoms with Crippen LogP contribution in [0.2, 0.25) is 0 Å². The molecule has 0 radical (unpaired) electrons. The van der Waals surface area contributed by atoms with Crippen molar-refractivity contribution >= 4 is 5.69 Å². The molecule has 0 spiro atoms. The lowest BCUT2D eigenvalue weighted by Gasteiger charge is -2.29. The third-order valence-corrected chi connectivity index (χ3v) is 5.18. The van der Waals surface area contributed by atoms with Crippen LogP contribution in [0.4, 0.5) is 5.69 Å². The van der Waals surface area contributed by atoms with Crippen LogP contribution in [-0.2, 0) is 13.0 Å². The van der Waals surface area contributed by atoms with Crippen LogP contribution >= 0.6 is 0 Å². The second-order valence-corrected chi connectivity index (χ2v) is 6.91. The van der Waals surface area contributed by atoms with Crippen LogP contribution in [0.1, 0.15) is 28.7 Å². The van der Waals surface area contributed by atoms with Gasteiger partial charge in [0.15, 0.2) is 5.82 Å². The zero-order chi connectivity index (χ0) is 18.8. The second-order valence-electron chi connectivity index (χ2n) is 6.91. The Morgan fingerprint density at radius 2 is 1.71 bits per heavy atom. The number of pyridine rings is 1. The van der Waals surface area contributed by atoms with Crippen LogP contribution in [0.5, 0.6) is 0 Å². The first-order chi connectivity index (χ1) is 13.9. The monoisotopic (exact) mass is 368 g/mol. The highest BCUT2D eigenvalue weighted by molar-refractivity contribution is 5.60. The lowest BCUT2D eigenvalue weighted by atomic mass is 10.1. The summed E-state index contributed by atoms with van der Waals surface area (Å²) in [6.45, 7) is 1.54. The summed E-state index contributed by atoms with van der Waals surface area (Å²) in [4.78, 5) is 7.02. The van der Waals surface area contributed by atoms with Crippen molar-refractivity contribution in [3.8, 4) is 0 Å². The smallest absolute Gasteiger partial charge is 0.180 e. The number of fused-ring (bicyclic) bond motifs is 1. The van der Waals surface area contributed by atoms with Crippen LogP contribution in [-0.4, -0.2) is 31.7 Å². The quantitative estimate of drug-likeness (QED) is 0.541. The largest absolute Gasteiger partial charge is 0.355 e. The SMILES string of the molecule is c1ccc(Cn2nnnc2C(c2ccccn2)N2CCc3ccccc32)cc1. The van der Waals surface area contributed by atoms with Gasteiger partial charge in [0.2, 0.25) is 0 Å². The van der Waals surface area contributed by atoms with E-state index in [2.05, 4.69) is 61.8 Å². The van der Waals surface area contributed by atoms with E-state index in [9.17, 15) is 0 Å². The number of rotatable bonds is 5. The van der Waals surface area contributed by atoms with Crippen LogP contribution in [0.25, 0.3) is 0 Å². The average molecular weight is 368 g/mol. The Morgan fingerprint density at radius 3 is 2.57 bits per heavy atom. The van der Waals surface area contributed by atoms with Gasteiger partial charge in [-0.05, 0) is 46.2 Å². The van der Waals surface area contributed by atoms with Gasteiger partial charge < -0.3 is 4.90 Å². The molecule has 138 valence electrons. The van der Waals surface area contributed by atoms with Crippen molar-refractivity contribution in [1.29, 1.82) is 0 Å². The Bertz CT molecular complexity index is 1060. The molecule has 0 bridgehead atoms. The predicted molar refractivity (Wildman–Crippen MR) is 107 cm³/mol. The standard InChI is InChI=1S/C22H20N6/c1-2-8-17(9-3-1)16-28-22(24-25-26-28)21(19-11-6-7-14-23-19)27-15-13-18-10-4-5-12-20(18)27/h1-12,14,21H,13,15-16H2. The maximum Gasteiger partial charge on any atom is 0.180 e. The van der Waals surface area contributed by atoms with Crippen LogP contribution in [0.15, 0.2) is 79.0 Å². The molecule has 0 fully saturated rings. The Labute approximate surface area is 163 Å². The molecule has 4 aromatic rings. The highest BCUT2D eigenvalue weighted by Gasteiger charge is 2.33. The topological polar surface area (TPSA) is 59.7 Å². The van der Waals surface area contributed by atoms with Crippen molar-refractivity contribution in [2.75, 3.05) is 11.4 Å². The first kappa shape index (κ1) is 16.6. The summed E-state index contributed by atoms with van der Waals surface area (Å²) >= 11 is 0. The molecule has 1 unspecified atom stereocenters. The van der Waals surface area contributed by atoms with Gasteiger partial charge in [0.25, 0.3) is 0 Å². The number of para-hydroxylation sites is 1. The van der Waals surface area contributed by atoms with Gasteiger partial charge in [0.1, 0.15) is 6.04 Å². The number of benzene rings is 2. The van der Waals surface area contributed by atoms with Crippen molar-refractivity contribution < 1.29 is 0 Å². The number of hydrogen-bond donors (Lipinski definition) is 0. The first-order valence-electron chi connectivity index (χ1n) is 9.45. The highest BCUT2D eigenvalue weighted by atomic mass is 15.6. The van der Waals surface area contributed by atoms with Gasteiger partial charge in [-0.25, -0.2) is 4.68 Å². The minimum Gasteiger partial charge on any atom is -0.355 e. The zero-order valence-electron chi connectivity index (χ0n) is 15.4. The fourth-order valence-electron chi connectivity index (χ4n) is 3.88. The summed E-state index contributed by atoms with van der Waals surface area (Å²) < 4.78 is 1.88. The molecule has 1 aliphatic rings. The Hall–Kier alpha value is -3.54. The van der Waals surface area contributed by atoms with Gasteiger partial charge in [-0.3, -0.25) is 4.98 Å². The molecular formula is C22H20N6. The van der Waals surface area contributed by atoms with Crippen LogP contribution in [0.3, 0.4) is 0 Å². The molecule has 0 N–H and O–H groups in total. The molecule has 0 saturated heterocycles. The van der Waals surface area contributed by atoms with E-state index in [0.717, 1.165) is 30.0 Å². The van der Waals surface area contributed by atoms with Crippen molar-refractivity contribution in [2.24, 2.45) is 0 Å². The number of aromatic nitrogens is 5. The van der Waals surface area contributed by atoms with Gasteiger partial charge >= 0.3 is 0 Å². The minimum atomic E-state index is -0.136. The number of hydrogen-bond acceptors (Lipinski definition) is 5. The van der Waals surface area contributed by atoms with Crippen molar-refractivity contribution in [3.63, 3.8) is 0 Å². The molecule has 0 aliphatic carbocycles. The average Bonchev–Trinajstić information content (AvgIpc) is 3.38. The molecule has 1 atom stereocenters. The highest BCUT2D eigenvalue weighted by Crippen LogP contribution is 2.37. The van der Waals surface area contributed by atoms with E-state index in [4.69, 9.17) is 0 Å². The Kier molecular flexibility index (Phi) is 4.29. The lowest BCUT2D eigenvalue weighted by Crippen LogP contribution is -2.31. The van der Waals surface area contributed by atoms with E-state index >= 15 is 0 Å². The molecule has 6 nitrogen and oxygen atoms in total. The van der Waals surface area contributed by atoms with Crippen molar-refractivity contribution in [3.05, 3.63) is 102 Å². The molecule has 3 heterocycles. The van der Waals surface area contributed by atoms with E-state index in [1.807, 2.05) is 47.3 Å². The van der Waals surface area contributed by atoms with Gasteiger partial charge in [0.05, 0.1) is 12.2 Å². The summed E-state index contributed by atoms with van der Waals surface area (Å²) in [7, 11) is 0. The zero-order valence-corrected chi connectivity index (χ0v) is 15.4.